The summed E-state index contributed by atoms with van der Waals surface area (Å²) in [4.78, 5) is 19.9. The summed E-state index contributed by atoms with van der Waals surface area (Å²) in [6.07, 6.45) is 6.89. The smallest absolute Gasteiger partial charge is 0.168 e. The van der Waals surface area contributed by atoms with Crippen LogP contribution in [0.15, 0.2) is 12.4 Å². The predicted molar refractivity (Wildman–Crippen MR) is 89.9 cm³/mol. The average molecular weight is 333 g/mol. The van der Waals surface area contributed by atoms with Gasteiger partial charge in [0.05, 0.1) is 17.4 Å². The molecule has 5 heterocycles. The van der Waals surface area contributed by atoms with Crippen LogP contribution in [-0.2, 0) is 13.5 Å². The Morgan fingerprint density at radius 1 is 1.22 bits per heavy atom. The molecule has 0 saturated carbocycles. The summed E-state index contributed by atoms with van der Waals surface area (Å²) in [6, 6.07) is 0. The first kappa shape index (κ1) is 15.1. The Balaban J connectivity index is 0.00000135. The minimum atomic E-state index is 0. The van der Waals surface area contributed by atoms with Gasteiger partial charge in [0.25, 0.3) is 0 Å². The van der Waals surface area contributed by atoms with Crippen LogP contribution in [-0.4, -0.2) is 45.1 Å². The highest BCUT2D eigenvalue weighted by atomic mass is 35.5. The third-order valence-corrected chi connectivity index (χ3v) is 6.07. The van der Waals surface area contributed by atoms with Gasteiger partial charge in [0.2, 0.25) is 0 Å². The molecule has 0 radical (unpaired) electrons. The number of fused-ring (bicyclic) bond motifs is 3. The number of carbonyl (C=O) groups is 1. The highest BCUT2D eigenvalue weighted by Gasteiger charge is 2.44. The molecule has 6 rings (SSSR count). The minimum absolute atomic E-state index is 0. The van der Waals surface area contributed by atoms with E-state index in [2.05, 4.69) is 15.0 Å². The molecule has 3 fully saturated rings. The van der Waals surface area contributed by atoms with E-state index in [1.165, 1.54) is 25.9 Å². The summed E-state index contributed by atoms with van der Waals surface area (Å²) in [5.74, 6) is 1.62. The Labute approximate surface area is 141 Å². The highest BCUT2D eigenvalue weighted by molar-refractivity contribution is 6.11. The van der Waals surface area contributed by atoms with E-state index >= 15 is 0 Å². The van der Waals surface area contributed by atoms with Gasteiger partial charge in [0.1, 0.15) is 0 Å². The third kappa shape index (κ3) is 2.06. The molecule has 3 saturated heterocycles. The summed E-state index contributed by atoms with van der Waals surface area (Å²) in [7, 11) is 1.94. The van der Waals surface area contributed by atoms with Crippen LogP contribution >= 0.6 is 12.4 Å². The number of aryl methyl sites for hydroxylation is 1. The number of nitrogens with zero attached hydrogens (tertiary/aromatic N) is 4. The molecule has 1 aliphatic carbocycles. The van der Waals surface area contributed by atoms with Crippen molar-refractivity contribution < 1.29 is 4.79 Å². The molecule has 0 aromatic carbocycles. The van der Waals surface area contributed by atoms with Gasteiger partial charge >= 0.3 is 0 Å². The van der Waals surface area contributed by atoms with Crippen LogP contribution in [0.4, 0.5) is 0 Å². The second-order valence-electron chi connectivity index (χ2n) is 7.13. The normalized spacial score (nSPS) is 32.1. The molecule has 2 atom stereocenters. The topological polar surface area (TPSA) is 51.0 Å². The maximum Gasteiger partial charge on any atom is 0.168 e. The van der Waals surface area contributed by atoms with Gasteiger partial charge in [-0.05, 0) is 37.8 Å². The Kier molecular flexibility index (Phi) is 3.46. The second-order valence-corrected chi connectivity index (χ2v) is 7.13. The summed E-state index contributed by atoms with van der Waals surface area (Å²) in [6.45, 7) is 3.52. The second kappa shape index (κ2) is 5.28. The Bertz CT molecular complexity index is 778. The fourth-order valence-electron chi connectivity index (χ4n) is 4.93. The SMILES string of the molecule is Cl.Cn1nc2c3c(cncc31)C(=O)[C@H](C1CN3CCC1CC3)C2. The van der Waals surface area contributed by atoms with Gasteiger partial charge in [0.15, 0.2) is 5.78 Å². The molecule has 0 N–H and O–H groups in total. The van der Waals surface area contributed by atoms with Crippen molar-refractivity contribution in [1.29, 1.82) is 0 Å². The molecule has 5 nitrogen and oxygen atoms in total. The molecule has 4 aliphatic rings. The van der Waals surface area contributed by atoms with Crippen LogP contribution in [0.3, 0.4) is 0 Å². The molecule has 6 heteroatoms. The zero-order valence-electron chi connectivity index (χ0n) is 13.2. The fraction of sp³-hybridized carbons (Fsp3) is 0.588. The number of rotatable bonds is 1. The molecule has 0 spiro atoms. The van der Waals surface area contributed by atoms with Gasteiger partial charge in [0, 0.05) is 43.1 Å². The first-order valence-electron chi connectivity index (χ1n) is 8.28. The Morgan fingerprint density at radius 3 is 2.70 bits per heavy atom. The molecule has 2 aromatic heterocycles. The van der Waals surface area contributed by atoms with Crippen LogP contribution < -0.4 is 0 Å². The number of aromatic nitrogens is 3. The van der Waals surface area contributed by atoms with Gasteiger partial charge in [-0.15, -0.1) is 12.4 Å². The van der Waals surface area contributed by atoms with E-state index in [1.807, 2.05) is 17.9 Å². The van der Waals surface area contributed by atoms with Crippen molar-refractivity contribution in [2.75, 3.05) is 19.6 Å². The Hall–Kier alpha value is -1.46. The first-order valence-corrected chi connectivity index (χ1v) is 8.28. The quantitative estimate of drug-likeness (QED) is 0.802. The van der Waals surface area contributed by atoms with E-state index in [0.29, 0.717) is 11.7 Å². The van der Waals surface area contributed by atoms with Gasteiger partial charge in [-0.25, -0.2) is 0 Å². The Morgan fingerprint density at radius 2 is 2.00 bits per heavy atom. The molecular weight excluding hydrogens is 312 g/mol. The lowest BCUT2D eigenvalue weighted by Crippen LogP contribution is -2.51. The molecule has 3 aliphatic heterocycles. The number of ketones is 1. The molecule has 122 valence electrons. The van der Waals surface area contributed by atoms with E-state index in [-0.39, 0.29) is 18.3 Å². The molecule has 23 heavy (non-hydrogen) atoms. The standard InChI is InChI=1S/C17H20N4O.ClH/c1-20-15-8-18-7-12-16(15)14(19-20)6-11(17(12)22)13-9-21-4-2-10(13)3-5-21;/h7-8,10-11,13H,2-6,9H2,1H3;1H/t11-,13?;/m0./s1. The van der Waals surface area contributed by atoms with E-state index in [0.717, 1.165) is 41.0 Å². The zero-order chi connectivity index (χ0) is 14.8. The molecular formula is C17H21ClN4O. The van der Waals surface area contributed by atoms with Crippen LogP contribution in [0.2, 0.25) is 0 Å². The number of Topliss-reactive ketones (excluding diaryl/α,β-unsaturated/α-hetero) is 1. The van der Waals surface area contributed by atoms with Crippen molar-refractivity contribution >= 4 is 29.1 Å². The lowest BCUT2D eigenvalue weighted by atomic mass is 9.67. The van der Waals surface area contributed by atoms with Crippen molar-refractivity contribution in [2.24, 2.45) is 24.8 Å². The maximum atomic E-state index is 13.1. The lowest BCUT2D eigenvalue weighted by molar-refractivity contribution is 0.0192. The number of carbonyl (C=O) groups excluding carboxylic acids is 1. The van der Waals surface area contributed by atoms with E-state index in [1.54, 1.807) is 6.20 Å². The summed E-state index contributed by atoms with van der Waals surface area (Å²) >= 11 is 0. The highest BCUT2D eigenvalue weighted by Crippen LogP contribution is 2.42. The maximum absolute atomic E-state index is 13.1. The van der Waals surface area contributed by atoms with Crippen LogP contribution in [0.1, 0.15) is 28.9 Å². The molecule has 0 amide bonds. The number of hydrogen-bond donors (Lipinski definition) is 0. The summed E-state index contributed by atoms with van der Waals surface area (Å²) in [5.41, 5.74) is 2.87. The van der Waals surface area contributed by atoms with Gasteiger partial charge in [-0.2, -0.15) is 5.10 Å². The molecule has 2 bridgehead atoms. The van der Waals surface area contributed by atoms with Crippen LogP contribution in [0.5, 0.6) is 0 Å². The number of halogens is 1. The van der Waals surface area contributed by atoms with Crippen LogP contribution in [0, 0.1) is 17.8 Å². The van der Waals surface area contributed by atoms with E-state index in [4.69, 9.17) is 0 Å². The zero-order valence-corrected chi connectivity index (χ0v) is 14.1. The van der Waals surface area contributed by atoms with E-state index < -0.39 is 0 Å². The van der Waals surface area contributed by atoms with Crippen molar-refractivity contribution in [3.8, 4) is 0 Å². The number of piperidine rings is 3. The van der Waals surface area contributed by atoms with Crippen molar-refractivity contribution in [2.45, 2.75) is 19.3 Å². The van der Waals surface area contributed by atoms with Crippen molar-refractivity contribution in [3.05, 3.63) is 23.7 Å². The van der Waals surface area contributed by atoms with Crippen LogP contribution in [0.25, 0.3) is 10.9 Å². The number of hydrogen-bond acceptors (Lipinski definition) is 4. The third-order valence-electron chi connectivity index (χ3n) is 6.07. The van der Waals surface area contributed by atoms with Gasteiger partial charge < -0.3 is 4.90 Å². The van der Waals surface area contributed by atoms with E-state index in [9.17, 15) is 4.79 Å². The monoisotopic (exact) mass is 332 g/mol. The molecule has 2 aromatic rings. The number of pyridine rings is 1. The first-order chi connectivity index (χ1) is 10.7. The minimum Gasteiger partial charge on any atom is -0.303 e. The lowest BCUT2D eigenvalue weighted by Gasteiger charge is -2.47. The largest absolute Gasteiger partial charge is 0.303 e. The summed E-state index contributed by atoms with van der Waals surface area (Å²) < 4.78 is 1.87. The predicted octanol–water partition coefficient (Wildman–Crippen LogP) is 2.09. The van der Waals surface area contributed by atoms with Crippen molar-refractivity contribution in [1.82, 2.24) is 19.7 Å². The van der Waals surface area contributed by atoms with Gasteiger partial charge in [-0.1, -0.05) is 0 Å². The molecule has 1 unspecified atom stereocenters. The average Bonchev–Trinajstić information content (AvgIpc) is 2.89. The van der Waals surface area contributed by atoms with Crippen molar-refractivity contribution in [3.63, 3.8) is 0 Å². The summed E-state index contributed by atoms with van der Waals surface area (Å²) in [5, 5.41) is 5.71. The fourth-order valence-corrected chi connectivity index (χ4v) is 4.93. The van der Waals surface area contributed by atoms with Gasteiger partial charge in [-0.3, -0.25) is 14.5 Å².